The Morgan fingerprint density at radius 1 is 1.13 bits per heavy atom. The van der Waals surface area contributed by atoms with E-state index in [1.54, 1.807) is 38.1 Å². The van der Waals surface area contributed by atoms with Crippen molar-refractivity contribution in [2.45, 2.75) is 30.5 Å². The molecule has 164 valence electrons. The molecule has 0 spiro atoms. The lowest BCUT2D eigenvalue weighted by Gasteiger charge is -2.32. The second-order valence-corrected chi connectivity index (χ2v) is 9.15. The van der Waals surface area contributed by atoms with E-state index in [-0.39, 0.29) is 11.5 Å². The van der Waals surface area contributed by atoms with Gasteiger partial charge in [0, 0.05) is 0 Å². The number of hydrogen-bond donors (Lipinski definition) is 0. The van der Waals surface area contributed by atoms with E-state index in [0.717, 1.165) is 0 Å². The zero-order valence-electron chi connectivity index (χ0n) is 17.6. The molecule has 0 aliphatic carbocycles. The molecule has 1 aliphatic heterocycles. The van der Waals surface area contributed by atoms with E-state index in [4.69, 9.17) is 14.2 Å². The summed E-state index contributed by atoms with van der Waals surface area (Å²) in [5.41, 5.74) is 9.00. The maximum atomic E-state index is 13.4. The molecule has 3 rings (SSSR count). The van der Waals surface area contributed by atoms with E-state index in [1.165, 1.54) is 43.4 Å². The van der Waals surface area contributed by atoms with Crippen molar-refractivity contribution in [3.63, 3.8) is 0 Å². The van der Waals surface area contributed by atoms with Gasteiger partial charge in [0.25, 0.3) is 9.84 Å². The summed E-state index contributed by atoms with van der Waals surface area (Å²) < 4.78 is 42.3. The Bertz CT molecular complexity index is 1140. The Morgan fingerprint density at radius 3 is 2.35 bits per heavy atom. The van der Waals surface area contributed by atoms with Crippen LogP contribution in [0.3, 0.4) is 0 Å². The van der Waals surface area contributed by atoms with Gasteiger partial charge in [-0.05, 0) is 43.7 Å². The summed E-state index contributed by atoms with van der Waals surface area (Å²) in [5.74, 6) is -0.0229. The first-order chi connectivity index (χ1) is 14.7. The molecule has 1 amide bonds. The molecular weight excluding hydrogens is 422 g/mol. The molecule has 10 heteroatoms. The summed E-state index contributed by atoms with van der Waals surface area (Å²) in [7, 11) is -1.36. The Labute approximate surface area is 180 Å². The van der Waals surface area contributed by atoms with Gasteiger partial charge in [-0.3, -0.25) is 9.69 Å². The number of carbonyl (C=O) groups is 1. The van der Waals surface area contributed by atoms with Crippen LogP contribution in [0.15, 0.2) is 53.4 Å². The minimum Gasteiger partial charge on any atom is -0.493 e. The maximum Gasteiger partial charge on any atom is 0.473 e. The highest BCUT2D eigenvalue weighted by Gasteiger charge is 2.51. The predicted octanol–water partition coefficient (Wildman–Crippen LogP) is 2.44. The van der Waals surface area contributed by atoms with Crippen LogP contribution in [0.2, 0.25) is 0 Å². The van der Waals surface area contributed by atoms with Crippen LogP contribution in [0.5, 0.6) is 11.5 Å². The van der Waals surface area contributed by atoms with E-state index >= 15 is 0 Å². The van der Waals surface area contributed by atoms with Gasteiger partial charge in [-0.2, -0.15) is 0 Å². The average molecular weight is 445 g/mol. The summed E-state index contributed by atoms with van der Waals surface area (Å²) >= 11 is 0. The lowest BCUT2D eigenvalue weighted by Crippen LogP contribution is -2.49. The van der Waals surface area contributed by atoms with Crippen LogP contribution in [0, 0.1) is 0 Å². The molecule has 9 nitrogen and oxygen atoms in total. The highest BCUT2D eigenvalue weighted by atomic mass is 32.2. The first-order valence-electron chi connectivity index (χ1n) is 9.39. The van der Waals surface area contributed by atoms with Gasteiger partial charge < -0.3 is 19.7 Å². The normalized spacial score (nSPS) is 17.7. The molecule has 1 unspecified atom stereocenters. The van der Waals surface area contributed by atoms with Gasteiger partial charge in [-0.1, -0.05) is 24.3 Å². The van der Waals surface area contributed by atoms with Crippen LogP contribution in [-0.4, -0.2) is 55.6 Å². The van der Waals surface area contributed by atoms with Gasteiger partial charge >= 0.3 is 11.0 Å². The van der Waals surface area contributed by atoms with E-state index in [2.05, 4.69) is 4.79 Å². The summed E-state index contributed by atoms with van der Waals surface area (Å²) in [6, 6.07) is 11.8. The highest BCUT2D eigenvalue weighted by Crippen LogP contribution is 2.40. The number of carbonyl (C=O) groups excluding carboxylic acids is 1. The van der Waals surface area contributed by atoms with Gasteiger partial charge in [0.15, 0.2) is 11.5 Å². The molecule has 0 bridgehead atoms. The number of hydrogen-bond acceptors (Lipinski definition) is 6. The van der Waals surface area contributed by atoms with Gasteiger partial charge in [0.05, 0.1) is 31.8 Å². The molecule has 0 N–H and O–H groups in total. The van der Waals surface area contributed by atoms with E-state index in [0.29, 0.717) is 17.1 Å². The molecular formula is C21H23N3O6S. The summed E-state index contributed by atoms with van der Waals surface area (Å²) in [6.45, 7) is 3.38. The minimum atomic E-state index is -4.36. The fourth-order valence-electron chi connectivity index (χ4n) is 3.52. The number of amides is 1. The zero-order chi connectivity index (χ0) is 22.8. The number of nitrogens with zero attached hydrogens (tertiary/aromatic N) is 3. The predicted molar refractivity (Wildman–Crippen MR) is 111 cm³/mol. The Hall–Kier alpha value is -3.20. The van der Waals surface area contributed by atoms with Crippen LogP contribution < -0.4 is 9.47 Å². The van der Waals surface area contributed by atoms with Crippen LogP contribution in [0.4, 0.5) is 0 Å². The third-order valence-electron chi connectivity index (χ3n) is 5.08. The lowest BCUT2D eigenvalue weighted by molar-refractivity contribution is -0.142. The van der Waals surface area contributed by atoms with E-state index < -0.39 is 32.6 Å². The van der Waals surface area contributed by atoms with Crippen molar-refractivity contribution in [3.8, 4) is 11.5 Å². The van der Waals surface area contributed by atoms with Gasteiger partial charge in [-0.25, -0.2) is 8.42 Å². The molecule has 2 aromatic rings. The number of sulfone groups is 1. The smallest absolute Gasteiger partial charge is 0.473 e. The summed E-state index contributed by atoms with van der Waals surface area (Å²) in [4.78, 5) is 17.4. The van der Waals surface area contributed by atoms with Crippen molar-refractivity contribution >= 4 is 20.8 Å². The molecule has 2 aromatic carbocycles. The average Bonchev–Trinajstić information content (AvgIpc) is 3.08. The van der Waals surface area contributed by atoms with Crippen molar-refractivity contribution in [1.82, 2.24) is 4.90 Å². The Kier molecular flexibility index (Phi) is 6.17. The van der Waals surface area contributed by atoms with Crippen molar-refractivity contribution < 1.29 is 32.2 Å². The molecule has 1 heterocycles. The Morgan fingerprint density at radius 2 is 1.77 bits per heavy atom. The van der Waals surface area contributed by atoms with Crippen LogP contribution in [0.1, 0.15) is 25.5 Å². The number of benzene rings is 2. The molecule has 1 atom stereocenters. The SMILES string of the molecule is COc1ccc(C2COC(C)(C)N2C(=O)C(=[N+]=[N-])S(=O)(=O)c2ccccc2)cc1OC. The number of methoxy groups -OCH3 is 2. The van der Waals surface area contributed by atoms with Crippen molar-refractivity contribution in [2.24, 2.45) is 0 Å². The van der Waals surface area contributed by atoms with Crippen molar-refractivity contribution in [3.05, 3.63) is 59.6 Å². The second kappa shape index (κ2) is 8.50. The maximum absolute atomic E-state index is 13.4. The van der Waals surface area contributed by atoms with E-state index in [1.807, 2.05) is 0 Å². The van der Waals surface area contributed by atoms with Crippen molar-refractivity contribution in [2.75, 3.05) is 20.8 Å². The van der Waals surface area contributed by atoms with Crippen molar-refractivity contribution in [1.29, 1.82) is 0 Å². The standard InChI is InChI=1S/C21H23N3O6S/c1-21(2)24(16(13-30-21)14-10-11-17(28-3)18(12-14)29-4)20(25)19(23-22)31(26,27)15-8-6-5-7-9-15/h5-12,16H,13H2,1-4H3. The molecule has 1 aliphatic rings. The second-order valence-electron chi connectivity index (χ2n) is 7.28. The molecule has 31 heavy (non-hydrogen) atoms. The summed E-state index contributed by atoms with van der Waals surface area (Å²) in [5, 5.41) is -0.984. The molecule has 0 aromatic heterocycles. The Balaban J connectivity index is 2.05. The molecule has 0 radical (unpaired) electrons. The summed E-state index contributed by atoms with van der Waals surface area (Å²) in [6.07, 6.45) is 0. The largest absolute Gasteiger partial charge is 0.493 e. The molecule has 0 saturated carbocycles. The number of rotatable bonds is 4. The monoisotopic (exact) mass is 445 g/mol. The molecule has 1 fully saturated rings. The minimum absolute atomic E-state index is 0.109. The van der Waals surface area contributed by atoms with Gasteiger partial charge in [0.2, 0.25) is 0 Å². The van der Waals surface area contributed by atoms with Gasteiger partial charge in [-0.15, -0.1) is 4.79 Å². The first-order valence-corrected chi connectivity index (χ1v) is 10.9. The molecule has 1 saturated heterocycles. The third kappa shape index (κ3) is 4.05. The third-order valence-corrected chi connectivity index (χ3v) is 6.74. The number of ether oxygens (including phenoxy) is 3. The fourth-order valence-corrected chi connectivity index (χ4v) is 4.69. The van der Waals surface area contributed by atoms with Crippen LogP contribution >= 0.6 is 0 Å². The van der Waals surface area contributed by atoms with Crippen LogP contribution in [0.25, 0.3) is 5.53 Å². The van der Waals surface area contributed by atoms with Gasteiger partial charge in [0.1, 0.15) is 5.72 Å². The topological polar surface area (TPSA) is 119 Å². The zero-order valence-corrected chi connectivity index (χ0v) is 18.4. The first kappa shape index (κ1) is 22.5. The van der Waals surface area contributed by atoms with E-state index in [9.17, 15) is 18.7 Å². The highest BCUT2D eigenvalue weighted by molar-refractivity contribution is 8.08. The van der Waals surface area contributed by atoms with Crippen LogP contribution in [-0.2, 0) is 19.4 Å². The quantitative estimate of drug-likeness (QED) is 0.309. The fraction of sp³-hybridized carbons (Fsp3) is 0.333. The lowest BCUT2D eigenvalue weighted by atomic mass is 10.0.